The highest BCUT2D eigenvalue weighted by atomic mass is 32.2. The molecule has 1 fully saturated rings. The van der Waals surface area contributed by atoms with Crippen LogP contribution < -0.4 is 14.2 Å². The number of nitrogens with one attached hydrogen (secondary N) is 1. The third-order valence-electron chi connectivity index (χ3n) is 6.16. The predicted molar refractivity (Wildman–Crippen MR) is 152 cm³/mol. The molecule has 1 heterocycles. The quantitative estimate of drug-likeness (QED) is 0.359. The van der Waals surface area contributed by atoms with Gasteiger partial charge in [-0.3, -0.25) is 4.90 Å². The SMILES string of the molecule is COc1ccccc1Oc1cccc(CN2CCC(O)(/C=C/C=C(C)\C=C(/C)S(=O)NC(C)C)CC2)c1. The first-order chi connectivity index (χ1) is 17.7. The minimum atomic E-state index is -1.19. The maximum Gasteiger partial charge on any atom is 0.169 e. The largest absolute Gasteiger partial charge is 0.493 e. The maximum absolute atomic E-state index is 12.2. The number of hydrogen-bond donors (Lipinski definition) is 2. The monoisotopic (exact) mass is 524 g/mol. The van der Waals surface area contributed by atoms with E-state index in [1.54, 1.807) is 7.11 Å². The molecule has 3 rings (SSSR count). The summed E-state index contributed by atoms with van der Waals surface area (Å²) in [6.45, 7) is 10.2. The first-order valence-corrected chi connectivity index (χ1v) is 13.9. The molecule has 1 unspecified atom stereocenters. The fourth-order valence-corrected chi connectivity index (χ4v) is 5.08. The summed E-state index contributed by atoms with van der Waals surface area (Å²) < 4.78 is 26.6. The summed E-state index contributed by atoms with van der Waals surface area (Å²) in [5, 5.41) is 11.0. The van der Waals surface area contributed by atoms with Gasteiger partial charge < -0.3 is 14.6 Å². The van der Waals surface area contributed by atoms with Gasteiger partial charge in [0.25, 0.3) is 0 Å². The van der Waals surface area contributed by atoms with E-state index in [1.165, 1.54) is 5.56 Å². The Morgan fingerprint density at radius 1 is 1.14 bits per heavy atom. The minimum Gasteiger partial charge on any atom is -0.493 e. The highest BCUT2D eigenvalue weighted by molar-refractivity contribution is 7.87. The number of aliphatic hydroxyl groups is 1. The van der Waals surface area contributed by atoms with Crippen LogP contribution in [0.5, 0.6) is 17.2 Å². The summed E-state index contributed by atoms with van der Waals surface area (Å²) in [6.07, 6.45) is 9.01. The van der Waals surface area contributed by atoms with Gasteiger partial charge in [-0.25, -0.2) is 8.93 Å². The molecule has 0 aliphatic carbocycles. The lowest BCUT2D eigenvalue weighted by molar-refractivity contribution is 0.0168. The van der Waals surface area contributed by atoms with E-state index < -0.39 is 16.6 Å². The number of nitrogens with zero attached hydrogens (tertiary/aromatic N) is 1. The lowest BCUT2D eigenvalue weighted by Crippen LogP contribution is -2.42. The van der Waals surface area contributed by atoms with Crippen molar-refractivity contribution in [2.24, 2.45) is 0 Å². The molecule has 0 aromatic heterocycles. The Bertz CT molecular complexity index is 1150. The van der Waals surface area contributed by atoms with Gasteiger partial charge in [0.15, 0.2) is 11.5 Å². The van der Waals surface area contributed by atoms with Gasteiger partial charge in [-0.1, -0.05) is 48.1 Å². The fourth-order valence-electron chi connectivity index (χ4n) is 4.17. The molecule has 0 radical (unpaired) electrons. The predicted octanol–water partition coefficient (Wildman–Crippen LogP) is 5.88. The molecule has 1 atom stereocenters. The summed E-state index contributed by atoms with van der Waals surface area (Å²) >= 11 is 0. The molecule has 37 heavy (non-hydrogen) atoms. The molecular weight excluding hydrogens is 484 g/mol. The van der Waals surface area contributed by atoms with Gasteiger partial charge in [-0.05, 0) is 76.4 Å². The molecule has 0 bridgehead atoms. The summed E-state index contributed by atoms with van der Waals surface area (Å²) in [6, 6.07) is 15.9. The van der Waals surface area contributed by atoms with Gasteiger partial charge in [0.2, 0.25) is 0 Å². The zero-order chi connectivity index (χ0) is 26.8. The smallest absolute Gasteiger partial charge is 0.169 e. The molecule has 7 heteroatoms. The lowest BCUT2D eigenvalue weighted by atomic mass is 9.90. The third-order valence-corrected chi connectivity index (χ3v) is 7.54. The summed E-state index contributed by atoms with van der Waals surface area (Å²) in [7, 11) is 0.445. The Balaban J connectivity index is 1.53. The number of para-hydroxylation sites is 2. The van der Waals surface area contributed by atoms with E-state index >= 15 is 0 Å². The van der Waals surface area contributed by atoms with E-state index in [2.05, 4.69) is 21.8 Å². The number of hydrogen-bond acceptors (Lipinski definition) is 5. The molecule has 2 aromatic carbocycles. The second kappa shape index (κ2) is 13.7. The Morgan fingerprint density at radius 2 is 1.84 bits per heavy atom. The number of methoxy groups -OCH3 is 1. The van der Waals surface area contributed by atoms with Gasteiger partial charge in [0, 0.05) is 30.6 Å². The molecule has 0 saturated carbocycles. The molecule has 1 saturated heterocycles. The zero-order valence-corrected chi connectivity index (χ0v) is 23.4. The highest BCUT2D eigenvalue weighted by Gasteiger charge is 2.29. The van der Waals surface area contributed by atoms with Crippen LogP contribution in [0.4, 0.5) is 0 Å². The van der Waals surface area contributed by atoms with Crippen molar-refractivity contribution in [3.8, 4) is 17.2 Å². The Labute approximate surface area is 224 Å². The van der Waals surface area contributed by atoms with Gasteiger partial charge in [-0.15, -0.1) is 0 Å². The van der Waals surface area contributed by atoms with E-state index in [4.69, 9.17) is 9.47 Å². The molecule has 2 N–H and O–H groups in total. The van der Waals surface area contributed by atoms with Crippen molar-refractivity contribution in [3.05, 3.63) is 88.9 Å². The van der Waals surface area contributed by atoms with E-state index in [0.29, 0.717) is 24.3 Å². The minimum absolute atomic E-state index is 0.157. The second-order valence-electron chi connectivity index (χ2n) is 9.85. The van der Waals surface area contributed by atoms with Crippen LogP contribution in [-0.2, 0) is 17.5 Å². The second-order valence-corrected chi connectivity index (χ2v) is 11.3. The first kappa shape index (κ1) is 28.9. The Hall–Kier alpha value is -2.71. The molecule has 1 aliphatic heterocycles. The average molecular weight is 525 g/mol. The van der Waals surface area contributed by atoms with Crippen molar-refractivity contribution < 1.29 is 18.8 Å². The maximum atomic E-state index is 12.2. The van der Waals surface area contributed by atoms with Gasteiger partial charge >= 0.3 is 0 Å². The number of rotatable bonds is 11. The normalized spacial score (nSPS) is 17.8. The number of benzene rings is 2. The molecule has 0 spiro atoms. The van der Waals surface area contributed by atoms with E-state index in [9.17, 15) is 9.32 Å². The summed E-state index contributed by atoms with van der Waals surface area (Å²) in [4.78, 5) is 3.13. The van der Waals surface area contributed by atoms with Crippen molar-refractivity contribution in [3.63, 3.8) is 0 Å². The molecule has 200 valence electrons. The molecule has 2 aromatic rings. The van der Waals surface area contributed by atoms with Crippen LogP contribution in [0.15, 0.2) is 83.3 Å². The van der Waals surface area contributed by atoms with Crippen molar-refractivity contribution in [1.82, 2.24) is 9.62 Å². The summed E-state index contributed by atoms with van der Waals surface area (Å²) in [5.74, 6) is 2.16. The number of piperidine rings is 1. The number of likely N-dealkylation sites (tertiary alicyclic amines) is 1. The number of ether oxygens (including phenoxy) is 2. The van der Waals surface area contributed by atoms with Crippen molar-refractivity contribution in [2.75, 3.05) is 20.2 Å². The molecule has 1 aliphatic rings. The van der Waals surface area contributed by atoms with Crippen LogP contribution >= 0.6 is 0 Å². The van der Waals surface area contributed by atoms with Crippen molar-refractivity contribution in [1.29, 1.82) is 0 Å². The van der Waals surface area contributed by atoms with Crippen molar-refractivity contribution >= 4 is 11.0 Å². The first-order valence-electron chi connectivity index (χ1n) is 12.7. The van der Waals surface area contributed by atoms with Crippen LogP contribution in [0, 0.1) is 0 Å². The fraction of sp³-hybridized carbons (Fsp3) is 0.400. The third kappa shape index (κ3) is 9.27. The zero-order valence-electron chi connectivity index (χ0n) is 22.6. The highest BCUT2D eigenvalue weighted by Crippen LogP contribution is 2.32. The molecule has 0 amide bonds. The standard InChI is InChI=1S/C30H40N2O4S/c1-23(2)31-37(34)25(4)20-24(3)10-9-15-30(33)16-18-32(19-17-30)22-26-11-8-12-27(21-26)36-29-14-7-6-13-28(29)35-5/h6-15,20-21,23,31,33H,16-19,22H2,1-5H3/b15-9+,24-10-,25-20+. The van der Waals surface area contributed by atoms with E-state index in [-0.39, 0.29) is 6.04 Å². The summed E-state index contributed by atoms with van der Waals surface area (Å²) in [5.41, 5.74) is 1.34. The molecular formula is C30H40N2O4S. The van der Waals surface area contributed by atoms with Gasteiger partial charge in [0.1, 0.15) is 16.7 Å². The topological polar surface area (TPSA) is 71.0 Å². The van der Waals surface area contributed by atoms with Crippen LogP contribution in [0.25, 0.3) is 0 Å². The van der Waals surface area contributed by atoms with Crippen LogP contribution in [0.3, 0.4) is 0 Å². The molecule has 6 nitrogen and oxygen atoms in total. The van der Waals surface area contributed by atoms with E-state index in [1.807, 2.05) is 88.4 Å². The van der Waals surface area contributed by atoms with Crippen LogP contribution in [-0.4, -0.2) is 46.1 Å². The number of allylic oxidation sites excluding steroid dienone is 5. The van der Waals surface area contributed by atoms with Gasteiger partial charge in [-0.2, -0.15) is 0 Å². The van der Waals surface area contributed by atoms with Crippen LogP contribution in [0.1, 0.15) is 46.1 Å². The Kier molecular flexibility index (Phi) is 10.7. The van der Waals surface area contributed by atoms with E-state index in [0.717, 1.165) is 35.9 Å². The average Bonchev–Trinajstić information content (AvgIpc) is 2.86. The van der Waals surface area contributed by atoms with Crippen molar-refractivity contribution in [2.45, 2.75) is 58.7 Å². The Morgan fingerprint density at radius 3 is 2.51 bits per heavy atom. The van der Waals surface area contributed by atoms with Gasteiger partial charge in [0.05, 0.1) is 12.7 Å². The van der Waals surface area contributed by atoms with Crippen LogP contribution in [0.2, 0.25) is 0 Å². The lowest BCUT2D eigenvalue weighted by Gasteiger charge is -2.36.